The van der Waals surface area contributed by atoms with Gasteiger partial charge in [-0.05, 0) is 24.8 Å². The Balaban J connectivity index is 1.54. The Kier molecular flexibility index (Phi) is 4.79. The Labute approximate surface area is 139 Å². The molecule has 0 bridgehead atoms. The Morgan fingerprint density at radius 2 is 2.23 bits per heavy atom. The average Bonchev–Trinajstić information content (AvgIpc) is 3.26. The summed E-state index contributed by atoms with van der Waals surface area (Å²) in [6.45, 7) is 2.66. The van der Waals surface area contributed by atoms with Crippen molar-refractivity contribution >= 4 is 28.8 Å². The van der Waals surface area contributed by atoms with Crippen LogP contribution in [0, 0.1) is 11.8 Å². The highest BCUT2D eigenvalue weighted by molar-refractivity contribution is 7.13. The van der Waals surface area contributed by atoms with Crippen molar-refractivity contribution in [3.63, 3.8) is 0 Å². The summed E-state index contributed by atoms with van der Waals surface area (Å²) in [6.07, 6.45) is 3.15. The second kappa shape index (κ2) is 6.80. The van der Waals surface area contributed by atoms with Crippen molar-refractivity contribution in [2.75, 3.05) is 6.54 Å². The zero-order valence-electron chi connectivity index (χ0n) is 12.5. The van der Waals surface area contributed by atoms with Gasteiger partial charge in [0.25, 0.3) is 0 Å². The fourth-order valence-corrected chi connectivity index (χ4v) is 3.64. The molecule has 1 aliphatic carbocycles. The number of rotatable bonds is 6. The number of nitrogens with zero attached hydrogens (tertiary/aromatic N) is 1. The highest BCUT2D eigenvalue weighted by Crippen LogP contribution is 2.36. The first-order chi connectivity index (χ1) is 10.6. The zero-order chi connectivity index (χ0) is 15.5. The SMILES string of the molecule is CC(C(=O)NCCc1csc(-c2ccccc2Cl)n1)C1CC1. The average molecular weight is 335 g/mol. The molecule has 0 radical (unpaired) electrons. The van der Waals surface area contributed by atoms with Gasteiger partial charge < -0.3 is 5.32 Å². The van der Waals surface area contributed by atoms with Gasteiger partial charge in [0.15, 0.2) is 0 Å². The molecule has 5 heteroatoms. The third kappa shape index (κ3) is 3.68. The van der Waals surface area contributed by atoms with Crippen molar-refractivity contribution in [2.24, 2.45) is 11.8 Å². The molecule has 1 N–H and O–H groups in total. The van der Waals surface area contributed by atoms with Gasteiger partial charge in [0, 0.05) is 29.8 Å². The summed E-state index contributed by atoms with van der Waals surface area (Å²) < 4.78 is 0. The van der Waals surface area contributed by atoms with Gasteiger partial charge in [-0.25, -0.2) is 4.98 Å². The molecular weight excluding hydrogens is 316 g/mol. The van der Waals surface area contributed by atoms with E-state index in [1.807, 2.05) is 36.6 Å². The number of thiazole rings is 1. The molecule has 22 heavy (non-hydrogen) atoms. The molecule has 0 spiro atoms. The van der Waals surface area contributed by atoms with Crippen LogP contribution in [0.3, 0.4) is 0 Å². The normalized spacial score (nSPS) is 15.5. The van der Waals surface area contributed by atoms with Crippen LogP contribution >= 0.6 is 22.9 Å². The predicted molar refractivity (Wildman–Crippen MR) is 91.2 cm³/mol. The lowest BCUT2D eigenvalue weighted by Gasteiger charge is -2.10. The van der Waals surface area contributed by atoms with E-state index >= 15 is 0 Å². The van der Waals surface area contributed by atoms with Crippen LogP contribution in [-0.4, -0.2) is 17.4 Å². The number of aromatic nitrogens is 1. The van der Waals surface area contributed by atoms with Crippen LogP contribution < -0.4 is 5.32 Å². The first-order valence-electron chi connectivity index (χ1n) is 7.62. The molecule has 3 rings (SSSR count). The largest absolute Gasteiger partial charge is 0.355 e. The van der Waals surface area contributed by atoms with Gasteiger partial charge >= 0.3 is 0 Å². The van der Waals surface area contributed by atoms with E-state index in [9.17, 15) is 4.79 Å². The fourth-order valence-electron chi connectivity index (χ4n) is 2.47. The van der Waals surface area contributed by atoms with E-state index < -0.39 is 0 Å². The molecule has 1 atom stereocenters. The second-order valence-electron chi connectivity index (χ2n) is 5.79. The number of amides is 1. The van der Waals surface area contributed by atoms with E-state index in [0.29, 0.717) is 12.5 Å². The second-order valence-corrected chi connectivity index (χ2v) is 7.06. The summed E-state index contributed by atoms with van der Waals surface area (Å²) in [5.41, 5.74) is 1.96. The van der Waals surface area contributed by atoms with Gasteiger partial charge in [0.2, 0.25) is 5.91 Å². The molecule has 1 aromatic heterocycles. The van der Waals surface area contributed by atoms with Gasteiger partial charge in [-0.2, -0.15) is 0 Å². The number of halogens is 1. The van der Waals surface area contributed by atoms with Crippen LogP contribution in [0.4, 0.5) is 0 Å². The number of hydrogen-bond acceptors (Lipinski definition) is 3. The molecule has 2 aromatic rings. The summed E-state index contributed by atoms with van der Waals surface area (Å²) in [7, 11) is 0. The smallest absolute Gasteiger partial charge is 0.223 e. The van der Waals surface area contributed by atoms with E-state index in [1.54, 1.807) is 11.3 Å². The maximum absolute atomic E-state index is 11.9. The van der Waals surface area contributed by atoms with E-state index in [1.165, 1.54) is 12.8 Å². The molecule has 0 saturated heterocycles. The Bertz CT molecular complexity index is 666. The minimum absolute atomic E-state index is 0.147. The summed E-state index contributed by atoms with van der Waals surface area (Å²) in [4.78, 5) is 16.6. The van der Waals surface area contributed by atoms with E-state index in [0.717, 1.165) is 27.7 Å². The minimum Gasteiger partial charge on any atom is -0.355 e. The summed E-state index contributed by atoms with van der Waals surface area (Å²) in [5.74, 6) is 0.921. The lowest BCUT2D eigenvalue weighted by molar-refractivity contribution is -0.125. The highest BCUT2D eigenvalue weighted by atomic mass is 35.5. The molecule has 0 aliphatic heterocycles. The molecule has 1 aliphatic rings. The maximum atomic E-state index is 11.9. The van der Waals surface area contributed by atoms with E-state index in [-0.39, 0.29) is 11.8 Å². The van der Waals surface area contributed by atoms with Crippen LogP contribution in [0.5, 0.6) is 0 Å². The van der Waals surface area contributed by atoms with Crippen LogP contribution in [-0.2, 0) is 11.2 Å². The fraction of sp³-hybridized carbons (Fsp3) is 0.412. The Morgan fingerprint density at radius 3 is 2.95 bits per heavy atom. The first-order valence-corrected chi connectivity index (χ1v) is 8.88. The van der Waals surface area contributed by atoms with Crippen LogP contribution in [0.25, 0.3) is 10.6 Å². The Morgan fingerprint density at radius 1 is 1.45 bits per heavy atom. The monoisotopic (exact) mass is 334 g/mol. The number of carbonyl (C=O) groups is 1. The maximum Gasteiger partial charge on any atom is 0.223 e. The van der Waals surface area contributed by atoms with Crippen molar-refractivity contribution in [1.82, 2.24) is 10.3 Å². The predicted octanol–water partition coefficient (Wildman–Crippen LogP) is 4.17. The molecule has 3 nitrogen and oxygen atoms in total. The first kappa shape index (κ1) is 15.5. The standard InChI is InChI=1S/C17H19ClN2OS/c1-11(12-6-7-12)16(21)19-9-8-13-10-22-17(20-13)14-4-2-3-5-15(14)18/h2-5,10-12H,6-9H2,1H3,(H,19,21). The molecule has 1 fully saturated rings. The van der Waals surface area contributed by atoms with E-state index in [4.69, 9.17) is 11.6 Å². The Hall–Kier alpha value is -1.39. The minimum atomic E-state index is 0.147. The van der Waals surface area contributed by atoms with Gasteiger partial charge in [-0.1, -0.05) is 36.7 Å². The third-order valence-corrected chi connectivity index (χ3v) is 5.33. The van der Waals surface area contributed by atoms with Gasteiger partial charge in [-0.3, -0.25) is 4.79 Å². The molecule has 1 saturated carbocycles. The highest BCUT2D eigenvalue weighted by Gasteiger charge is 2.32. The van der Waals surface area contributed by atoms with Crippen molar-refractivity contribution in [1.29, 1.82) is 0 Å². The number of hydrogen-bond donors (Lipinski definition) is 1. The van der Waals surface area contributed by atoms with Gasteiger partial charge in [0.1, 0.15) is 5.01 Å². The molecular formula is C17H19ClN2OS. The molecule has 116 valence electrons. The number of benzene rings is 1. The van der Waals surface area contributed by atoms with Crippen molar-refractivity contribution in [2.45, 2.75) is 26.2 Å². The van der Waals surface area contributed by atoms with Crippen molar-refractivity contribution < 1.29 is 4.79 Å². The molecule has 1 heterocycles. The number of nitrogens with one attached hydrogen (secondary N) is 1. The number of carbonyl (C=O) groups excluding carboxylic acids is 1. The molecule has 1 amide bonds. The molecule has 1 unspecified atom stereocenters. The summed E-state index contributed by atoms with van der Waals surface area (Å²) in [6, 6.07) is 7.72. The summed E-state index contributed by atoms with van der Waals surface area (Å²) in [5, 5.41) is 6.70. The van der Waals surface area contributed by atoms with E-state index in [2.05, 4.69) is 10.3 Å². The van der Waals surface area contributed by atoms with Crippen molar-refractivity contribution in [3.8, 4) is 10.6 Å². The zero-order valence-corrected chi connectivity index (χ0v) is 14.1. The lowest BCUT2D eigenvalue weighted by atomic mass is 10.1. The van der Waals surface area contributed by atoms with Crippen molar-refractivity contribution in [3.05, 3.63) is 40.4 Å². The quantitative estimate of drug-likeness (QED) is 0.861. The molecule has 1 aromatic carbocycles. The van der Waals surface area contributed by atoms with Crippen LogP contribution in [0.15, 0.2) is 29.6 Å². The topological polar surface area (TPSA) is 42.0 Å². The van der Waals surface area contributed by atoms with Gasteiger partial charge in [-0.15, -0.1) is 11.3 Å². The van der Waals surface area contributed by atoms with Crippen LogP contribution in [0.2, 0.25) is 5.02 Å². The summed E-state index contributed by atoms with van der Waals surface area (Å²) >= 11 is 7.78. The lowest BCUT2D eigenvalue weighted by Crippen LogP contribution is -2.31. The van der Waals surface area contributed by atoms with Crippen LogP contribution in [0.1, 0.15) is 25.5 Å². The third-order valence-electron chi connectivity index (χ3n) is 4.08. The van der Waals surface area contributed by atoms with Gasteiger partial charge in [0.05, 0.1) is 10.7 Å².